The first-order valence-electron chi connectivity index (χ1n) is 10.4. The fourth-order valence-electron chi connectivity index (χ4n) is 3.47. The first-order chi connectivity index (χ1) is 16.2. The van der Waals surface area contributed by atoms with E-state index in [0.717, 1.165) is 27.8 Å². The zero-order valence-corrected chi connectivity index (χ0v) is 19.1. The highest BCUT2D eigenvalue weighted by Gasteiger charge is 2.36. The number of benzene rings is 3. The second kappa shape index (κ2) is 9.64. The van der Waals surface area contributed by atoms with E-state index in [9.17, 15) is 23.2 Å². The van der Waals surface area contributed by atoms with E-state index < -0.39 is 35.2 Å². The Morgan fingerprint density at radius 2 is 1.88 bits per heavy atom. The van der Waals surface area contributed by atoms with Crippen LogP contribution in [0.3, 0.4) is 0 Å². The van der Waals surface area contributed by atoms with Gasteiger partial charge in [0.05, 0.1) is 16.7 Å². The summed E-state index contributed by atoms with van der Waals surface area (Å²) >= 11 is 0.705. The van der Waals surface area contributed by atoms with Crippen LogP contribution in [0.2, 0.25) is 0 Å². The second-order valence-corrected chi connectivity index (χ2v) is 8.80. The Kier molecular flexibility index (Phi) is 6.65. The van der Waals surface area contributed by atoms with E-state index >= 15 is 0 Å². The predicted molar refractivity (Wildman–Crippen MR) is 127 cm³/mol. The number of rotatable bonds is 6. The van der Waals surface area contributed by atoms with Crippen LogP contribution in [0.25, 0.3) is 16.8 Å². The van der Waals surface area contributed by atoms with E-state index in [1.165, 1.54) is 0 Å². The molecule has 1 saturated heterocycles. The Morgan fingerprint density at radius 3 is 2.62 bits per heavy atom. The van der Waals surface area contributed by atoms with Crippen LogP contribution in [0.5, 0.6) is 5.75 Å². The summed E-state index contributed by atoms with van der Waals surface area (Å²) in [5.41, 5.74) is 0.398. The molecule has 9 heteroatoms. The molecule has 4 rings (SSSR count). The van der Waals surface area contributed by atoms with E-state index in [2.05, 4.69) is 5.32 Å². The Labute approximate surface area is 198 Å². The van der Waals surface area contributed by atoms with Gasteiger partial charge in [0.2, 0.25) is 5.91 Å². The van der Waals surface area contributed by atoms with Gasteiger partial charge in [-0.2, -0.15) is 0 Å². The molecule has 3 amide bonds. The summed E-state index contributed by atoms with van der Waals surface area (Å²) in [5.74, 6) is -2.63. The number of thioether (sulfide) groups is 1. The Hall–Kier alpha value is -3.72. The first kappa shape index (κ1) is 23.4. The van der Waals surface area contributed by atoms with Crippen molar-refractivity contribution in [2.75, 3.05) is 11.9 Å². The van der Waals surface area contributed by atoms with Crippen LogP contribution in [-0.4, -0.2) is 34.6 Å². The van der Waals surface area contributed by atoms with Crippen LogP contribution in [0, 0.1) is 11.6 Å². The molecule has 0 bridgehead atoms. The molecule has 1 aliphatic heterocycles. The number of halogens is 2. The summed E-state index contributed by atoms with van der Waals surface area (Å²) in [5, 5.41) is 3.40. The van der Waals surface area contributed by atoms with Gasteiger partial charge in [0, 0.05) is 11.6 Å². The summed E-state index contributed by atoms with van der Waals surface area (Å²) in [4.78, 5) is 38.7. The fourth-order valence-corrected chi connectivity index (χ4v) is 4.29. The predicted octanol–water partition coefficient (Wildman–Crippen LogP) is 5.58. The number of amides is 3. The molecule has 174 valence electrons. The number of anilines is 1. The van der Waals surface area contributed by atoms with Gasteiger partial charge in [-0.1, -0.05) is 30.3 Å². The van der Waals surface area contributed by atoms with Gasteiger partial charge in [0.1, 0.15) is 23.9 Å². The lowest BCUT2D eigenvalue weighted by Gasteiger charge is -2.15. The number of ether oxygens (including phenoxy) is 1. The van der Waals surface area contributed by atoms with Gasteiger partial charge in [-0.25, -0.2) is 8.78 Å². The fraction of sp³-hybridized carbons (Fsp3) is 0.160. The van der Waals surface area contributed by atoms with Gasteiger partial charge in [-0.3, -0.25) is 19.3 Å². The highest BCUT2D eigenvalue weighted by Crippen LogP contribution is 2.37. The van der Waals surface area contributed by atoms with Crippen molar-refractivity contribution < 1.29 is 27.9 Å². The molecule has 3 aromatic rings. The topological polar surface area (TPSA) is 75.7 Å². The van der Waals surface area contributed by atoms with Gasteiger partial charge < -0.3 is 10.1 Å². The number of carbonyl (C=O) groups excluding carboxylic acids is 3. The number of imide groups is 1. The average molecular weight is 483 g/mol. The Bertz CT molecular complexity index is 1340. The van der Waals surface area contributed by atoms with Crippen LogP contribution < -0.4 is 10.1 Å². The van der Waals surface area contributed by atoms with Crippen molar-refractivity contribution >= 4 is 51.4 Å². The molecule has 1 heterocycles. The number of fused-ring (bicyclic) bond motifs is 1. The first-order valence-corrected chi connectivity index (χ1v) is 11.2. The zero-order chi connectivity index (χ0) is 24.4. The maximum absolute atomic E-state index is 13.8. The smallest absolute Gasteiger partial charge is 0.294 e. The van der Waals surface area contributed by atoms with Crippen molar-refractivity contribution in [1.82, 2.24) is 4.90 Å². The highest BCUT2D eigenvalue weighted by atomic mass is 32.2. The third-order valence-corrected chi connectivity index (χ3v) is 5.86. The summed E-state index contributed by atoms with van der Waals surface area (Å²) in [7, 11) is 0. The summed E-state index contributed by atoms with van der Waals surface area (Å²) in [6.07, 6.45) is 1.47. The molecule has 1 N–H and O–H groups in total. The van der Waals surface area contributed by atoms with Crippen molar-refractivity contribution in [3.05, 3.63) is 76.7 Å². The molecule has 0 radical (unpaired) electrons. The molecule has 1 fully saturated rings. The van der Waals surface area contributed by atoms with Crippen molar-refractivity contribution in [3.8, 4) is 5.75 Å². The van der Waals surface area contributed by atoms with Crippen molar-refractivity contribution in [2.24, 2.45) is 0 Å². The van der Waals surface area contributed by atoms with E-state index in [0.29, 0.717) is 29.1 Å². The van der Waals surface area contributed by atoms with Gasteiger partial charge in [-0.15, -0.1) is 0 Å². The van der Waals surface area contributed by atoms with E-state index in [-0.39, 0.29) is 16.7 Å². The lowest BCUT2D eigenvalue weighted by atomic mass is 10.0. The van der Waals surface area contributed by atoms with Gasteiger partial charge in [-0.05, 0) is 60.7 Å². The summed E-state index contributed by atoms with van der Waals surface area (Å²) in [6.45, 7) is 3.16. The Balaban J connectivity index is 1.60. The molecule has 34 heavy (non-hydrogen) atoms. The molecule has 6 nitrogen and oxygen atoms in total. The molecule has 0 aromatic heterocycles. The molecule has 0 aliphatic carbocycles. The average Bonchev–Trinajstić information content (AvgIpc) is 3.04. The molecule has 3 aromatic carbocycles. The largest absolute Gasteiger partial charge is 0.490 e. The number of nitrogens with one attached hydrogen (secondary N) is 1. The van der Waals surface area contributed by atoms with Gasteiger partial charge in [0.15, 0.2) is 0 Å². The van der Waals surface area contributed by atoms with E-state index in [1.807, 2.05) is 50.2 Å². The minimum absolute atomic E-state index is 0.112. The highest BCUT2D eigenvalue weighted by molar-refractivity contribution is 8.18. The molecule has 0 atom stereocenters. The maximum atomic E-state index is 13.8. The summed E-state index contributed by atoms with van der Waals surface area (Å²) < 4.78 is 32.8. The number of hydrogen-bond acceptors (Lipinski definition) is 5. The minimum atomic E-state index is -0.962. The molecule has 0 unspecified atom stereocenters. The quantitative estimate of drug-likeness (QED) is 0.464. The molecule has 0 saturated carbocycles. The lowest BCUT2D eigenvalue weighted by molar-refractivity contribution is -0.127. The Morgan fingerprint density at radius 1 is 1.12 bits per heavy atom. The van der Waals surface area contributed by atoms with Gasteiger partial charge >= 0.3 is 0 Å². The van der Waals surface area contributed by atoms with Crippen LogP contribution >= 0.6 is 11.8 Å². The monoisotopic (exact) mass is 482 g/mol. The minimum Gasteiger partial charge on any atom is -0.490 e. The third kappa shape index (κ3) is 4.94. The molecular formula is C25H20F2N2O4S. The standard InChI is InChI=1S/C25H20F2N2O4S/c1-14(2)33-21-10-7-15-5-3-4-6-17(15)18(21)12-22-24(31)29(25(32)34-22)13-23(30)28-20-9-8-16(26)11-19(20)27/h3-12,14H,13H2,1-2H3,(H,28,30)/b22-12+. The second-order valence-electron chi connectivity index (χ2n) is 7.81. The van der Waals surface area contributed by atoms with Gasteiger partial charge in [0.25, 0.3) is 11.1 Å². The number of hydrogen-bond donors (Lipinski definition) is 1. The van der Waals surface area contributed by atoms with Crippen molar-refractivity contribution in [3.63, 3.8) is 0 Å². The van der Waals surface area contributed by atoms with Crippen molar-refractivity contribution in [2.45, 2.75) is 20.0 Å². The lowest BCUT2D eigenvalue weighted by Crippen LogP contribution is -2.36. The molecule has 1 aliphatic rings. The van der Waals surface area contributed by atoms with Crippen LogP contribution in [-0.2, 0) is 9.59 Å². The van der Waals surface area contributed by atoms with Crippen LogP contribution in [0.15, 0.2) is 59.5 Å². The van der Waals surface area contributed by atoms with Crippen LogP contribution in [0.4, 0.5) is 19.3 Å². The normalized spacial score (nSPS) is 15.0. The zero-order valence-electron chi connectivity index (χ0n) is 18.3. The maximum Gasteiger partial charge on any atom is 0.294 e. The van der Waals surface area contributed by atoms with Crippen molar-refractivity contribution in [1.29, 1.82) is 0 Å². The molecular weight excluding hydrogens is 462 g/mol. The summed E-state index contributed by atoms with van der Waals surface area (Å²) in [6, 6.07) is 14.0. The van der Waals surface area contributed by atoms with Crippen LogP contribution in [0.1, 0.15) is 19.4 Å². The number of nitrogens with zero attached hydrogens (tertiary/aromatic N) is 1. The van der Waals surface area contributed by atoms with E-state index in [1.54, 1.807) is 6.08 Å². The third-order valence-electron chi connectivity index (χ3n) is 4.95. The van der Waals surface area contributed by atoms with E-state index in [4.69, 9.17) is 4.74 Å². The molecule has 0 spiro atoms. The SMILES string of the molecule is CC(C)Oc1ccc2ccccc2c1/C=C1/SC(=O)N(CC(=O)Nc2ccc(F)cc2F)C1=O. The number of carbonyl (C=O) groups is 3.